The highest BCUT2D eigenvalue weighted by Crippen LogP contribution is 2.31. The number of nitrogens with zero attached hydrogens (tertiary/aromatic N) is 2. The molecule has 136 valence electrons. The summed E-state index contributed by atoms with van der Waals surface area (Å²) in [5.41, 5.74) is 3.23. The van der Waals surface area contributed by atoms with Crippen molar-refractivity contribution in [2.45, 2.75) is 25.8 Å². The van der Waals surface area contributed by atoms with Crippen LogP contribution in [0.4, 0.5) is 9.93 Å². The van der Waals surface area contributed by atoms with E-state index in [9.17, 15) is 4.79 Å². The standard InChI is InChI=1S/C19H22N4O2S/c1-2-25-19(24)23-9-7-13(8-10-23)21-18-22-17(12-26-18)15-11-20-16-6-4-3-5-14(15)16/h3-6,11-13,20H,2,7-10H2,1H3,(H,21,22). The van der Waals surface area contributed by atoms with Gasteiger partial charge in [-0.05, 0) is 25.8 Å². The first-order chi connectivity index (χ1) is 12.7. The van der Waals surface area contributed by atoms with Crippen molar-refractivity contribution in [1.82, 2.24) is 14.9 Å². The molecule has 4 rings (SSSR count). The maximum Gasteiger partial charge on any atom is 0.409 e. The van der Waals surface area contributed by atoms with Crippen LogP contribution in [-0.2, 0) is 4.74 Å². The zero-order valence-corrected chi connectivity index (χ0v) is 15.5. The van der Waals surface area contributed by atoms with Gasteiger partial charge in [0.05, 0.1) is 12.3 Å². The van der Waals surface area contributed by atoms with Gasteiger partial charge in [0, 0.05) is 47.2 Å². The number of para-hydroxylation sites is 1. The topological polar surface area (TPSA) is 70.2 Å². The largest absolute Gasteiger partial charge is 0.450 e. The minimum Gasteiger partial charge on any atom is -0.450 e. The Morgan fingerprint density at radius 1 is 1.38 bits per heavy atom. The smallest absolute Gasteiger partial charge is 0.409 e. The summed E-state index contributed by atoms with van der Waals surface area (Å²) in [7, 11) is 0. The predicted octanol–water partition coefficient (Wildman–Crippen LogP) is 4.32. The summed E-state index contributed by atoms with van der Waals surface area (Å²) in [5.74, 6) is 0. The summed E-state index contributed by atoms with van der Waals surface area (Å²) in [4.78, 5) is 21.6. The number of H-pyrrole nitrogens is 1. The van der Waals surface area contributed by atoms with E-state index in [1.807, 2.05) is 25.3 Å². The van der Waals surface area contributed by atoms with Crippen LogP contribution < -0.4 is 5.32 Å². The van der Waals surface area contributed by atoms with Gasteiger partial charge < -0.3 is 19.9 Å². The average Bonchev–Trinajstić information content (AvgIpc) is 3.29. The Kier molecular flexibility index (Phi) is 4.79. The second-order valence-corrected chi connectivity index (χ2v) is 7.25. The first-order valence-electron chi connectivity index (χ1n) is 8.95. The van der Waals surface area contributed by atoms with Crippen molar-refractivity contribution < 1.29 is 9.53 Å². The number of carbonyl (C=O) groups is 1. The van der Waals surface area contributed by atoms with Crippen molar-refractivity contribution >= 4 is 33.5 Å². The Labute approximate surface area is 156 Å². The maximum absolute atomic E-state index is 11.8. The monoisotopic (exact) mass is 370 g/mol. The van der Waals surface area contributed by atoms with E-state index in [1.165, 1.54) is 5.39 Å². The Morgan fingerprint density at radius 2 is 2.19 bits per heavy atom. The number of hydrogen-bond acceptors (Lipinski definition) is 5. The van der Waals surface area contributed by atoms with E-state index in [0.717, 1.165) is 47.8 Å². The Hall–Kier alpha value is -2.54. The molecule has 0 radical (unpaired) electrons. The molecule has 1 aliphatic rings. The zero-order chi connectivity index (χ0) is 17.9. The van der Waals surface area contributed by atoms with Crippen molar-refractivity contribution in [3.8, 4) is 11.3 Å². The molecule has 1 aliphatic heterocycles. The molecule has 2 aromatic heterocycles. The van der Waals surface area contributed by atoms with Crippen LogP contribution in [0, 0.1) is 0 Å². The average molecular weight is 370 g/mol. The number of thiazole rings is 1. The van der Waals surface area contributed by atoms with Crippen LogP contribution in [0.5, 0.6) is 0 Å². The van der Waals surface area contributed by atoms with E-state index in [-0.39, 0.29) is 6.09 Å². The highest BCUT2D eigenvalue weighted by Gasteiger charge is 2.24. The summed E-state index contributed by atoms with van der Waals surface area (Å²) in [6, 6.07) is 8.59. The van der Waals surface area contributed by atoms with Gasteiger partial charge in [-0.1, -0.05) is 18.2 Å². The number of nitrogens with one attached hydrogen (secondary N) is 2. The molecule has 1 fully saturated rings. The van der Waals surface area contributed by atoms with Gasteiger partial charge in [0.15, 0.2) is 5.13 Å². The molecular formula is C19H22N4O2S. The van der Waals surface area contributed by atoms with Gasteiger partial charge in [0.25, 0.3) is 0 Å². The molecule has 0 spiro atoms. The molecule has 1 saturated heterocycles. The third kappa shape index (κ3) is 3.39. The van der Waals surface area contributed by atoms with Gasteiger partial charge in [-0.2, -0.15) is 0 Å². The summed E-state index contributed by atoms with van der Waals surface area (Å²) >= 11 is 1.62. The number of likely N-dealkylation sites (tertiary alicyclic amines) is 1. The molecule has 2 N–H and O–H groups in total. The zero-order valence-electron chi connectivity index (χ0n) is 14.7. The second kappa shape index (κ2) is 7.37. The van der Waals surface area contributed by atoms with Crippen LogP contribution in [0.1, 0.15) is 19.8 Å². The van der Waals surface area contributed by atoms with Crippen molar-refractivity contribution in [2.24, 2.45) is 0 Å². The number of ether oxygens (including phenoxy) is 1. The Bertz CT molecular complexity index is 896. The Morgan fingerprint density at radius 3 is 3.00 bits per heavy atom. The highest BCUT2D eigenvalue weighted by atomic mass is 32.1. The van der Waals surface area contributed by atoms with Gasteiger partial charge in [-0.15, -0.1) is 11.3 Å². The fourth-order valence-corrected chi connectivity index (χ4v) is 4.13. The lowest BCUT2D eigenvalue weighted by molar-refractivity contribution is 0.0983. The molecule has 3 aromatic rings. The van der Waals surface area contributed by atoms with Crippen molar-refractivity contribution in [1.29, 1.82) is 0 Å². The van der Waals surface area contributed by atoms with Crippen molar-refractivity contribution in [2.75, 3.05) is 25.0 Å². The molecule has 0 bridgehead atoms. The number of fused-ring (bicyclic) bond motifs is 1. The van der Waals surface area contributed by atoms with Crippen LogP contribution in [0.25, 0.3) is 22.2 Å². The molecule has 0 saturated carbocycles. The molecule has 3 heterocycles. The molecule has 0 unspecified atom stereocenters. The number of rotatable bonds is 4. The summed E-state index contributed by atoms with van der Waals surface area (Å²) in [5, 5.41) is 7.73. The molecule has 26 heavy (non-hydrogen) atoms. The summed E-state index contributed by atoms with van der Waals surface area (Å²) in [6.07, 6.45) is 3.62. The number of aromatic nitrogens is 2. The lowest BCUT2D eigenvalue weighted by Gasteiger charge is -2.31. The summed E-state index contributed by atoms with van der Waals surface area (Å²) < 4.78 is 5.07. The maximum atomic E-state index is 11.8. The van der Waals surface area contributed by atoms with Crippen LogP contribution in [-0.4, -0.2) is 46.7 Å². The number of amides is 1. The SMILES string of the molecule is CCOC(=O)N1CCC(Nc2nc(-c3c[nH]c4ccccc34)cs2)CC1. The van der Waals surface area contributed by atoms with E-state index in [1.54, 1.807) is 16.2 Å². The number of piperidine rings is 1. The van der Waals surface area contributed by atoms with Gasteiger partial charge in [-0.3, -0.25) is 0 Å². The number of anilines is 1. The molecule has 6 nitrogen and oxygen atoms in total. The molecule has 0 atom stereocenters. The highest BCUT2D eigenvalue weighted by molar-refractivity contribution is 7.14. The van der Waals surface area contributed by atoms with E-state index >= 15 is 0 Å². The molecule has 7 heteroatoms. The Balaban J connectivity index is 1.40. The van der Waals surface area contributed by atoms with Gasteiger partial charge in [0.2, 0.25) is 0 Å². The van der Waals surface area contributed by atoms with E-state index < -0.39 is 0 Å². The van der Waals surface area contributed by atoms with Crippen molar-refractivity contribution in [3.05, 3.63) is 35.8 Å². The first-order valence-corrected chi connectivity index (χ1v) is 9.83. The number of benzene rings is 1. The number of hydrogen-bond donors (Lipinski definition) is 2. The lowest BCUT2D eigenvalue weighted by atomic mass is 10.1. The third-order valence-electron chi connectivity index (χ3n) is 4.72. The van der Waals surface area contributed by atoms with Crippen LogP contribution in [0.2, 0.25) is 0 Å². The predicted molar refractivity (Wildman–Crippen MR) is 105 cm³/mol. The number of carbonyl (C=O) groups excluding carboxylic acids is 1. The first kappa shape index (κ1) is 16.9. The van der Waals surface area contributed by atoms with E-state index in [4.69, 9.17) is 9.72 Å². The molecular weight excluding hydrogens is 348 g/mol. The quantitative estimate of drug-likeness (QED) is 0.717. The number of aromatic amines is 1. The minimum atomic E-state index is -0.207. The molecule has 1 aromatic carbocycles. The van der Waals surface area contributed by atoms with Crippen LogP contribution >= 0.6 is 11.3 Å². The van der Waals surface area contributed by atoms with Gasteiger partial charge >= 0.3 is 6.09 Å². The third-order valence-corrected chi connectivity index (χ3v) is 5.49. The van der Waals surface area contributed by atoms with Crippen molar-refractivity contribution in [3.63, 3.8) is 0 Å². The fraction of sp³-hybridized carbons (Fsp3) is 0.368. The van der Waals surface area contributed by atoms with E-state index in [2.05, 4.69) is 27.8 Å². The van der Waals surface area contributed by atoms with E-state index in [0.29, 0.717) is 12.6 Å². The lowest BCUT2D eigenvalue weighted by Crippen LogP contribution is -2.42. The van der Waals surface area contributed by atoms with Crippen LogP contribution in [0.3, 0.4) is 0 Å². The fourth-order valence-electron chi connectivity index (χ4n) is 3.34. The van der Waals surface area contributed by atoms with Crippen LogP contribution in [0.15, 0.2) is 35.8 Å². The second-order valence-electron chi connectivity index (χ2n) is 6.39. The molecule has 1 amide bonds. The summed E-state index contributed by atoms with van der Waals surface area (Å²) in [6.45, 7) is 3.70. The molecule has 0 aliphatic carbocycles. The minimum absolute atomic E-state index is 0.207. The van der Waals surface area contributed by atoms with Gasteiger partial charge in [-0.25, -0.2) is 9.78 Å². The normalized spacial score (nSPS) is 15.3. The van der Waals surface area contributed by atoms with Gasteiger partial charge in [0.1, 0.15) is 0 Å².